The van der Waals surface area contributed by atoms with Gasteiger partial charge in [-0.15, -0.1) is 0 Å². The summed E-state index contributed by atoms with van der Waals surface area (Å²) in [6.45, 7) is 3.76. The summed E-state index contributed by atoms with van der Waals surface area (Å²) in [5.74, 6) is 0.305. The van der Waals surface area contributed by atoms with Crippen molar-refractivity contribution in [2.75, 3.05) is 12.4 Å². The third-order valence-electron chi connectivity index (χ3n) is 6.47. The highest BCUT2D eigenvalue weighted by Crippen LogP contribution is 2.31. The van der Waals surface area contributed by atoms with E-state index in [1.807, 2.05) is 80.6 Å². The lowest BCUT2D eigenvalue weighted by molar-refractivity contribution is 0.102. The smallest absolute Gasteiger partial charge is 0.295 e. The Bertz CT molecular complexity index is 1720. The minimum Gasteiger partial charge on any atom is -0.497 e. The number of ether oxygens (including phenoxy) is 1. The summed E-state index contributed by atoms with van der Waals surface area (Å²) in [7, 11) is 3.40. The molecule has 2 heterocycles. The third kappa shape index (κ3) is 4.44. The van der Waals surface area contributed by atoms with E-state index in [0.29, 0.717) is 39.3 Å². The van der Waals surface area contributed by atoms with Gasteiger partial charge in [-0.1, -0.05) is 46.3 Å². The second-order valence-corrected chi connectivity index (χ2v) is 9.71. The zero-order chi connectivity index (χ0) is 26.3. The summed E-state index contributed by atoms with van der Waals surface area (Å²) < 4.78 is 9.50. The summed E-state index contributed by atoms with van der Waals surface area (Å²) >= 11 is 3.54. The maximum Gasteiger partial charge on any atom is 0.295 e. The molecule has 0 aliphatic carbocycles. The number of fused-ring (bicyclic) bond motifs is 1. The third-order valence-corrected chi connectivity index (χ3v) is 6.93. The highest BCUT2D eigenvalue weighted by molar-refractivity contribution is 9.10. The minimum absolute atomic E-state index is 0.232. The minimum atomic E-state index is -0.389. The van der Waals surface area contributed by atoms with Gasteiger partial charge in [-0.3, -0.25) is 14.3 Å². The highest BCUT2D eigenvalue weighted by atomic mass is 79.9. The van der Waals surface area contributed by atoms with Crippen molar-refractivity contribution >= 4 is 38.4 Å². The van der Waals surface area contributed by atoms with E-state index < -0.39 is 0 Å². The summed E-state index contributed by atoms with van der Waals surface area (Å²) in [6.07, 6.45) is 0. The Balaban J connectivity index is 1.65. The Kier molecular flexibility index (Phi) is 6.43. The van der Waals surface area contributed by atoms with Crippen LogP contribution < -0.4 is 15.6 Å². The van der Waals surface area contributed by atoms with Gasteiger partial charge in [0.05, 0.1) is 35.3 Å². The number of benzene rings is 3. The highest BCUT2D eigenvalue weighted by Gasteiger charge is 2.21. The first-order valence-electron chi connectivity index (χ1n) is 11.7. The topological polar surface area (TPSA) is 78.1 Å². The fourth-order valence-electron chi connectivity index (χ4n) is 4.47. The lowest BCUT2D eigenvalue weighted by Crippen LogP contribution is -2.23. The molecule has 0 saturated carbocycles. The number of aromatic nitrogens is 3. The number of carbonyl (C=O) groups is 1. The van der Waals surface area contributed by atoms with Gasteiger partial charge in [-0.2, -0.15) is 0 Å². The molecule has 0 saturated heterocycles. The quantitative estimate of drug-likeness (QED) is 0.286. The van der Waals surface area contributed by atoms with Crippen molar-refractivity contribution in [3.05, 3.63) is 104 Å². The fraction of sp³-hybridized carbons (Fsp3) is 0.138. The van der Waals surface area contributed by atoms with Crippen molar-refractivity contribution in [1.82, 2.24) is 14.3 Å². The van der Waals surface area contributed by atoms with Gasteiger partial charge in [0.2, 0.25) is 0 Å². The lowest BCUT2D eigenvalue weighted by atomic mass is 10.0. The van der Waals surface area contributed by atoms with Crippen molar-refractivity contribution in [2.45, 2.75) is 13.8 Å². The van der Waals surface area contributed by atoms with Gasteiger partial charge in [0.15, 0.2) is 0 Å². The Morgan fingerprint density at radius 2 is 1.76 bits per heavy atom. The van der Waals surface area contributed by atoms with Crippen LogP contribution in [0.15, 0.2) is 82.1 Å². The van der Waals surface area contributed by atoms with Gasteiger partial charge in [0.1, 0.15) is 11.4 Å². The van der Waals surface area contributed by atoms with E-state index in [2.05, 4.69) is 21.2 Å². The van der Waals surface area contributed by atoms with E-state index in [4.69, 9.17) is 9.72 Å². The Morgan fingerprint density at radius 1 is 1.00 bits per heavy atom. The molecule has 5 rings (SSSR count). The molecule has 5 aromatic rings. The van der Waals surface area contributed by atoms with E-state index in [9.17, 15) is 9.59 Å². The second kappa shape index (κ2) is 9.71. The molecule has 0 atom stereocenters. The van der Waals surface area contributed by atoms with Crippen LogP contribution in [0.4, 0.5) is 5.69 Å². The molecule has 186 valence electrons. The van der Waals surface area contributed by atoms with Crippen molar-refractivity contribution in [3.8, 4) is 22.7 Å². The molecule has 1 amide bonds. The number of amides is 1. The van der Waals surface area contributed by atoms with Crippen LogP contribution in [0.25, 0.3) is 27.8 Å². The normalized spacial score (nSPS) is 11.1. The molecule has 1 N–H and O–H groups in total. The molecule has 3 aromatic carbocycles. The summed E-state index contributed by atoms with van der Waals surface area (Å²) in [5, 5.41) is 3.59. The molecule has 37 heavy (non-hydrogen) atoms. The maximum absolute atomic E-state index is 13.8. The van der Waals surface area contributed by atoms with Crippen LogP contribution in [-0.4, -0.2) is 27.4 Å². The molecular weight excluding hydrogens is 532 g/mol. The molecule has 0 fully saturated rings. The molecule has 0 aliphatic heterocycles. The van der Waals surface area contributed by atoms with Crippen LogP contribution in [0.1, 0.15) is 21.6 Å². The van der Waals surface area contributed by atoms with Crippen LogP contribution in [-0.2, 0) is 7.05 Å². The van der Waals surface area contributed by atoms with E-state index in [1.54, 1.807) is 24.9 Å². The molecule has 0 unspecified atom stereocenters. The van der Waals surface area contributed by atoms with Crippen LogP contribution in [0, 0.1) is 13.8 Å². The Labute approximate surface area is 222 Å². The molecule has 8 heteroatoms. The zero-order valence-corrected chi connectivity index (χ0v) is 22.5. The van der Waals surface area contributed by atoms with Gasteiger partial charge in [-0.25, -0.2) is 9.67 Å². The number of hydrogen-bond donors (Lipinski definition) is 1. The van der Waals surface area contributed by atoms with Gasteiger partial charge < -0.3 is 10.1 Å². The van der Waals surface area contributed by atoms with Crippen LogP contribution in [0.5, 0.6) is 5.75 Å². The standard InChI is InChI=1S/C29H25BrN4O3/c1-17-13-20(30)15-23-24(16-25(31-26(17)23)19-9-8-12-22(14-19)37-4)28(35)32-27-18(2)33(3)34(29(27)36)21-10-6-5-7-11-21/h5-16H,1-4H3,(H,32,35). The number of nitrogens with one attached hydrogen (secondary N) is 1. The first-order valence-corrected chi connectivity index (χ1v) is 12.5. The Morgan fingerprint density at radius 3 is 2.49 bits per heavy atom. The van der Waals surface area contributed by atoms with Crippen LogP contribution >= 0.6 is 15.9 Å². The fourth-order valence-corrected chi connectivity index (χ4v) is 5.04. The van der Waals surface area contributed by atoms with Crippen LogP contribution in [0.3, 0.4) is 0 Å². The molecule has 0 spiro atoms. The molecule has 0 aliphatic rings. The summed E-state index contributed by atoms with van der Waals surface area (Å²) in [4.78, 5) is 32.1. The SMILES string of the molecule is COc1cccc(-c2cc(C(=O)Nc3c(C)n(C)n(-c4ccccc4)c3=O)c3cc(Br)cc(C)c3n2)c1. The summed E-state index contributed by atoms with van der Waals surface area (Å²) in [6, 6.07) is 22.5. The predicted octanol–water partition coefficient (Wildman–Crippen LogP) is 6.03. The number of aryl methyl sites for hydroxylation is 1. The molecule has 0 bridgehead atoms. The average molecular weight is 557 g/mol. The van der Waals surface area contributed by atoms with Gasteiger partial charge in [0, 0.05) is 22.5 Å². The molecule has 0 radical (unpaired) electrons. The number of anilines is 1. The van der Waals surface area contributed by atoms with E-state index in [-0.39, 0.29) is 17.2 Å². The largest absolute Gasteiger partial charge is 0.497 e. The number of pyridine rings is 1. The summed E-state index contributed by atoms with van der Waals surface area (Å²) in [5.41, 5.74) is 4.79. The number of rotatable bonds is 5. The molecule has 7 nitrogen and oxygen atoms in total. The first kappa shape index (κ1) is 24.5. The molecule has 2 aromatic heterocycles. The van der Waals surface area contributed by atoms with Crippen molar-refractivity contribution in [1.29, 1.82) is 0 Å². The predicted molar refractivity (Wildman–Crippen MR) is 150 cm³/mol. The number of halogens is 1. The average Bonchev–Trinajstić information content (AvgIpc) is 3.11. The molecular formula is C29H25BrN4O3. The van der Waals surface area contributed by atoms with E-state index in [1.165, 1.54) is 4.68 Å². The monoisotopic (exact) mass is 556 g/mol. The lowest BCUT2D eigenvalue weighted by Gasteiger charge is -2.13. The maximum atomic E-state index is 13.8. The van der Waals surface area contributed by atoms with Crippen LogP contribution in [0.2, 0.25) is 0 Å². The zero-order valence-electron chi connectivity index (χ0n) is 20.9. The second-order valence-electron chi connectivity index (χ2n) is 8.80. The van der Waals surface area contributed by atoms with Crippen molar-refractivity contribution in [2.24, 2.45) is 7.05 Å². The van der Waals surface area contributed by atoms with Gasteiger partial charge in [-0.05, 0) is 61.9 Å². The number of carbonyl (C=O) groups excluding carboxylic acids is 1. The number of methoxy groups -OCH3 is 1. The van der Waals surface area contributed by atoms with Gasteiger partial charge in [0.25, 0.3) is 11.5 Å². The Hall–Kier alpha value is -4.17. The van der Waals surface area contributed by atoms with Crippen molar-refractivity contribution < 1.29 is 9.53 Å². The number of para-hydroxylation sites is 1. The van der Waals surface area contributed by atoms with E-state index >= 15 is 0 Å². The first-order chi connectivity index (χ1) is 17.8. The number of nitrogens with zero attached hydrogens (tertiary/aromatic N) is 3. The van der Waals surface area contributed by atoms with Gasteiger partial charge >= 0.3 is 0 Å². The number of hydrogen-bond acceptors (Lipinski definition) is 4. The van der Waals surface area contributed by atoms with E-state index in [0.717, 1.165) is 15.6 Å². The van der Waals surface area contributed by atoms with Crippen molar-refractivity contribution in [3.63, 3.8) is 0 Å².